The van der Waals surface area contributed by atoms with Crippen LogP contribution >= 0.6 is 15.8 Å². The van der Waals surface area contributed by atoms with Crippen LogP contribution in [-0.4, -0.2) is 51.9 Å². The predicted octanol–water partition coefficient (Wildman–Crippen LogP) is -2.80. The maximum absolute atomic E-state index is 11.5. The Morgan fingerprint density at radius 3 is 0.821 bits per heavy atom. The van der Waals surface area contributed by atoms with Gasteiger partial charge in [-0.2, -0.15) is 16.8 Å². The minimum atomic E-state index is -4.63. The van der Waals surface area contributed by atoms with Gasteiger partial charge in [0.2, 0.25) is 0 Å². The van der Waals surface area contributed by atoms with Gasteiger partial charge in [0.15, 0.2) is 0 Å². The summed E-state index contributed by atoms with van der Waals surface area (Å²) in [5.41, 5.74) is 0. The van der Waals surface area contributed by atoms with Gasteiger partial charge in [0.1, 0.15) is 20.2 Å². The molecule has 56 heavy (non-hydrogen) atoms. The van der Waals surface area contributed by atoms with Crippen molar-refractivity contribution in [2.45, 2.75) is 19.6 Å². The Balaban J connectivity index is 0.000000290. The van der Waals surface area contributed by atoms with Crippen LogP contribution in [0.5, 0.6) is 0 Å². The first-order chi connectivity index (χ1) is 25.3. The number of rotatable bonds is 10. The van der Waals surface area contributed by atoms with Crippen molar-refractivity contribution in [3.8, 4) is 0 Å². The largest absolute Gasteiger partial charge is 1.00 e. The third-order valence-electron chi connectivity index (χ3n) is 7.51. The SMILES string of the molecule is O=S(=O)([O-])c1cccc(P(c2ccccc2)c2cccc(S(=O)(=O)O)c2)c1.O=S(=O)([O-])c1cccc(P(c2ccccc2)c2cccc(S(=O)(=O)O)c2)c1.[K+].[K+]. The van der Waals surface area contributed by atoms with E-state index in [9.17, 15) is 51.9 Å². The summed E-state index contributed by atoms with van der Waals surface area (Å²) < 4.78 is 133. The molecule has 2 unspecified atom stereocenters. The van der Waals surface area contributed by atoms with Crippen molar-refractivity contribution in [1.29, 1.82) is 0 Å². The van der Waals surface area contributed by atoms with Crippen molar-refractivity contribution in [2.24, 2.45) is 0 Å². The summed E-state index contributed by atoms with van der Waals surface area (Å²) >= 11 is 0. The molecule has 0 radical (unpaired) electrons. The second kappa shape index (κ2) is 21.1. The summed E-state index contributed by atoms with van der Waals surface area (Å²) in [6.45, 7) is 0. The van der Waals surface area contributed by atoms with Gasteiger partial charge in [0.25, 0.3) is 20.2 Å². The molecule has 20 heteroatoms. The zero-order valence-corrected chi connectivity index (χ0v) is 40.8. The van der Waals surface area contributed by atoms with Crippen LogP contribution in [0, 0.1) is 0 Å². The summed E-state index contributed by atoms with van der Waals surface area (Å²) in [5.74, 6) is 0. The molecule has 0 amide bonds. The molecular weight excluding hydrogens is 893 g/mol. The molecule has 0 aliphatic carbocycles. The fraction of sp³-hybridized carbons (Fsp3) is 0. The second-order valence-electron chi connectivity index (χ2n) is 11.2. The molecule has 0 saturated carbocycles. The average Bonchev–Trinajstić information content (AvgIpc) is 3.12. The van der Waals surface area contributed by atoms with E-state index in [-0.39, 0.29) is 122 Å². The summed E-state index contributed by atoms with van der Waals surface area (Å²) in [6.07, 6.45) is 0. The van der Waals surface area contributed by atoms with E-state index in [0.29, 0.717) is 21.2 Å². The first-order valence-corrected chi connectivity index (χ1v) is 23.7. The second-order valence-corrected chi connectivity index (χ2v) is 21.2. The molecule has 0 saturated heterocycles. The van der Waals surface area contributed by atoms with E-state index in [1.807, 2.05) is 60.7 Å². The molecule has 0 aliphatic heterocycles. The Morgan fingerprint density at radius 1 is 0.339 bits per heavy atom. The standard InChI is InChI=1S/2C18H15O6PS2.2K/c2*19-26(20,21)17-10-4-8-15(12-17)25(14-6-2-1-3-7-14)16-9-5-11-18(13-16)27(22,23)24;;/h2*1-13H,(H,19,20,21)(H,22,23,24);;/q;;2*+1/p-2. The molecule has 2 atom stereocenters. The molecule has 0 spiro atoms. The van der Waals surface area contributed by atoms with Crippen molar-refractivity contribution in [2.75, 3.05) is 0 Å². The molecule has 6 aromatic carbocycles. The molecule has 2 N–H and O–H groups in total. The van der Waals surface area contributed by atoms with Gasteiger partial charge in [-0.25, -0.2) is 16.8 Å². The third kappa shape index (κ3) is 13.6. The van der Waals surface area contributed by atoms with E-state index in [1.165, 1.54) is 72.8 Å². The molecule has 6 aromatic rings. The van der Waals surface area contributed by atoms with Gasteiger partial charge < -0.3 is 9.11 Å². The van der Waals surface area contributed by atoms with Crippen LogP contribution < -0.4 is 135 Å². The van der Waals surface area contributed by atoms with E-state index in [1.54, 1.807) is 24.3 Å². The molecule has 0 aliphatic rings. The van der Waals surface area contributed by atoms with Gasteiger partial charge in [-0.15, -0.1) is 0 Å². The number of hydrogen-bond donors (Lipinski definition) is 2. The molecule has 0 aromatic heterocycles. The summed E-state index contributed by atoms with van der Waals surface area (Å²) in [6, 6.07) is 41.3. The summed E-state index contributed by atoms with van der Waals surface area (Å²) in [7, 11) is -20.7. The van der Waals surface area contributed by atoms with Gasteiger partial charge in [-0.1, -0.05) is 109 Å². The fourth-order valence-electron chi connectivity index (χ4n) is 5.17. The van der Waals surface area contributed by atoms with Gasteiger partial charge in [-0.05, 0) is 96.2 Å². The molecule has 280 valence electrons. The summed E-state index contributed by atoms with van der Waals surface area (Å²) in [4.78, 5) is -1.21. The molecule has 0 heterocycles. The number of benzene rings is 6. The van der Waals surface area contributed by atoms with E-state index in [4.69, 9.17) is 0 Å². The maximum atomic E-state index is 11.5. The molecule has 6 rings (SSSR count). The van der Waals surface area contributed by atoms with Gasteiger partial charge in [-0.3, -0.25) is 9.11 Å². The Bertz CT molecular complexity index is 2400. The van der Waals surface area contributed by atoms with Crippen LogP contribution in [0.2, 0.25) is 0 Å². The monoisotopic (exact) mass is 920 g/mol. The van der Waals surface area contributed by atoms with Crippen molar-refractivity contribution in [3.63, 3.8) is 0 Å². The van der Waals surface area contributed by atoms with E-state index < -0.39 is 56.3 Å². The Morgan fingerprint density at radius 2 is 0.571 bits per heavy atom. The third-order valence-corrected chi connectivity index (χ3v) is 15.7. The Labute approximate surface area is 413 Å². The van der Waals surface area contributed by atoms with Crippen LogP contribution in [-0.2, 0) is 40.5 Å². The zero-order chi connectivity index (χ0) is 39.3. The Kier molecular flexibility index (Phi) is 18.6. The Hall–Kier alpha value is -0.907. The van der Waals surface area contributed by atoms with Crippen molar-refractivity contribution in [1.82, 2.24) is 0 Å². The minimum absolute atomic E-state index is 0. The van der Waals surface area contributed by atoms with Crippen molar-refractivity contribution >= 4 is 88.1 Å². The maximum Gasteiger partial charge on any atom is 1.00 e. The van der Waals surface area contributed by atoms with Crippen LogP contribution in [0.25, 0.3) is 0 Å². The van der Waals surface area contributed by atoms with Crippen LogP contribution in [0.3, 0.4) is 0 Å². The van der Waals surface area contributed by atoms with E-state index in [2.05, 4.69) is 0 Å². The van der Waals surface area contributed by atoms with E-state index >= 15 is 0 Å². The molecule has 0 bridgehead atoms. The molecular formula is C36H28K2O12P2S4. The minimum Gasteiger partial charge on any atom is -0.744 e. The summed E-state index contributed by atoms with van der Waals surface area (Å²) in [5, 5.41) is 3.99. The fourth-order valence-corrected chi connectivity index (χ4v) is 12.3. The number of hydrogen-bond acceptors (Lipinski definition) is 10. The molecule has 0 fully saturated rings. The smallest absolute Gasteiger partial charge is 0.744 e. The van der Waals surface area contributed by atoms with Gasteiger partial charge in [0, 0.05) is 0 Å². The van der Waals surface area contributed by atoms with Crippen molar-refractivity contribution in [3.05, 3.63) is 158 Å². The van der Waals surface area contributed by atoms with E-state index in [0.717, 1.165) is 10.6 Å². The van der Waals surface area contributed by atoms with Crippen molar-refractivity contribution < 1.29 is 155 Å². The quantitative estimate of drug-likeness (QED) is 0.0809. The van der Waals surface area contributed by atoms with Crippen LogP contribution in [0.1, 0.15) is 0 Å². The first-order valence-electron chi connectivity index (χ1n) is 15.3. The van der Waals surface area contributed by atoms with Gasteiger partial charge >= 0.3 is 103 Å². The zero-order valence-electron chi connectivity index (χ0n) is 29.5. The molecule has 12 nitrogen and oxygen atoms in total. The van der Waals surface area contributed by atoms with Gasteiger partial charge in [0.05, 0.1) is 19.6 Å². The first kappa shape index (κ1) is 49.5. The topological polar surface area (TPSA) is 223 Å². The van der Waals surface area contributed by atoms with Crippen LogP contribution in [0.15, 0.2) is 177 Å². The predicted molar refractivity (Wildman–Crippen MR) is 206 cm³/mol. The average molecular weight is 921 g/mol. The van der Waals surface area contributed by atoms with Crippen LogP contribution in [0.4, 0.5) is 0 Å². The normalized spacial score (nSPS) is 12.8.